The van der Waals surface area contributed by atoms with Gasteiger partial charge < -0.3 is 5.32 Å². The van der Waals surface area contributed by atoms with Crippen molar-refractivity contribution in [1.82, 2.24) is 9.61 Å². The zero-order chi connectivity index (χ0) is 20.4. The molecule has 28 heavy (non-hydrogen) atoms. The minimum Gasteiger partial charge on any atom is -0.325 e. The van der Waals surface area contributed by atoms with E-state index in [0.717, 1.165) is 10.6 Å². The smallest absolute Gasteiger partial charge is 0.325 e. The molecule has 4 nitrogen and oxygen atoms in total. The van der Waals surface area contributed by atoms with Crippen molar-refractivity contribution in [2.24, 2.45) is 0 Å². The van der Waals surface area contributed by atoms with Gasteiger partial charge >= 0.3 is 6.18 Å². The number of benzene rings is 1. The lowest BCUT2D eigenvalue weighted by Crippen LogP contribution is -2.07. The molecule has 1 N–H and O–H groups in total. The molecule has 0 unspecified atom stereocenters. The van der Waals surface area contributed by atoms with Gasteiger partial charge in [0.25, 0.3) is 6.43 Å². The number of hydrogen-bond acceptors (Lipinski definition) is 2. The van der Waals surface area contributed by atoms with E-state index in [1.54, 1.807) is 19.1 Å². The lowest BCUT2D eigenvalue weighted by atomic mass is 9.98. The summed E-state index contributed by atoms with van der Waals surface area (Å²) < 4.78 is 68.0. The van der Waals surface area contributed by atoms with Crippen molar-refractivity contribution in [2.75, 3.05) is 5.32 Å². The number of anilines is 1. The first-order chi connectivity index (χ1) is 13.1. The van der Waals surface area contributed by atoms with Crippen LogP contribution in [0.3, 0.4) is 0 Å². The fourth-order valence-corrected chi connectivity index (χ4v) is 3.60. The summed E-state index contributed by atoms with van der Waals surface area (Å²) in [6.45, 7) is 3.16. The molecule has 1 amide bonds. The average molecular weight is 395 g/mol. The quantitative estimate of drug-likeness (QED) is 0.616. The monoisotopic (exact) mass is 395 g/mol. The third-order valence-electron chi connectivity index (χ3n) is 4.80. The Kier molecular flexibility index (Phi) is 3.95. The van der Waals surface area contributed by atoms with E-state index in [4.69, 9.17) is 0 Å². The third-order valence-corrected chi connectivity index (χ3v) is 4.80. The summed E-state index contributed by atoms with van der Waals surface area (Å²) in [4.78, 5) is 11.7. The fraction of sp³-hybridized carbons (Fsp3) is 0.263. The van der Waals surface area contributed by atoms with Crippen molar-refractivity contribution in [1.29, 1.82) is 0 Å². The van der Waals surface area contributed by atoms with Crippen molar-refractivity contribution >= 4 is 17.1 Å². The number of hydrogen-bond donors (Lipinski definition) is 1. The number of halogens is 5. The summed E-state index contributed by atoms with van der Waals surface area (Å²) in [5.41, 5.74) is 0.799. The molecule has 0 saturated carbocycles. The Morgan fingerprint density at radius 1 is 1.11 bits per heavy atom. The third kappa shape index (κ3) is 2.81. The highest BCUT2D eigenvalue weighted by Gasteiger charge is 2.35. The Hall–Kier alpha value is -2.97. The summed E-state index contributed by atoms with van der Waals surface area (Å²) in [7, 11) is 0. The van der Waals surface area contributed by atoms with Crippen LogP contribution in [-0.4, -0.2) is 15.5 Å². The molecule has 0 saturated heterocycles. The van der Waals surface area contributed by atoms with Crippen LogP contribution in [0.2, 0.25) is 0 Å². The minimum absolute atomic E-state index is 0.0793. The predicted octanol–water partition coefficient (Wildman–Crippen LogP) is 5.07. The highest BCUT2D eigenvalue weighted by molar-refractivity contribution is 6.00. The van der Waals surface area contributed by atoms with Crippen molar-refractivity contribution in [2.45, 2.75) is 32.9 Å². The molecule has 9 heteroatoms. The predicted molar refractivity (Wildman–Crippen MR) is 92.4 cm³/mol. The maximum atomic E-state index is 13.8. The summed E-state index contributed by atoms with van der Waals surface area (Å²) in [6, 6.07) is 5.14. The first-order valence-electron chi connectivity index (χ1n) is 8.38. The topological polar surface area (TPSA) is 46.4 Å². The summed E-state index contributed by atoms with van der Waals surface area (Å²) in [5.74, 6) is -0.225. The number of carbonyl (C=O) groups excluding carboxylic acids is 1. The largest absolute Gasteiger partial charge is 0.435 e. The second-order valence-corrected chi connectivity index (χ2v) is 6.81. The van der Waals surface area contributed by atoms with Crippen LogP contribution in [0.4, 0.5) is 27.6 Å². The van der Waals surface area contributed by atoms with Crippen LogP contribution in [0.25, 0.3) is 16.8 Å². The fourth-order valence-electron chi connectivity index (χ4n) is 3.60. The Morgan fingerprint density at radius 3 is 2.46 bits per heavy atom. The van der Waals surface area contributed by atoms with E-state index in [1.807, 2.05) is 0 Å². The van der Waals surface area contributed by atoms with E-state index < -0.39 is 23.9 Å². The van der Waals surface area contributed by atoms with Gasteiger partial charge in [-0.25, -0.2) is 13.3 Å². The molecule has 0 fully saturated rings. The molecule has 0 spiro atoms. The number of pyridine rings is 1. The van der Waals surface area contributed by atoms with Gasteiger partial charge in [0.1, 0.15) is 0 Å². The maximum Gasteiger partial charge on any atom is 0.435 e. The molecule has 0 bridgehead atoms. The number of fused-ring (bicyclic) bond motifs is 2. The summed E-state index contributed by atoms with van der Waals surface area (Å²) >= 11 is 0. The van der Waals surface area contributed by atoms with Gasteiger partial charge in [-0.05, 0) is 54.8 Å². The van der Waals surface area contributed by atoms with E-state index in [0.29, 0.717) is 16.8 Å². The van der Waals surface area contributed by atoms with Crippen LogP contribution < -0.4 is 5.32 Å². The normalized spacial score (nSPS) is 14.1. The number of aromatic nitrogens is 2. The molecule has 2 aromatic heterocycles. The van der Waals surface area contributed by atoms with Gasteiger partial charge in [0.15, 0.2) is 5.69 Å². The molecule has 4 rings (SSSR count). The van der Waals surface area contributed by atoms with E-state index >= 15 is 0 Å². The standard InChI is InChI=1S/C19H14F5N3O/c1-8-4-12(18(20)21)17(27-13(8)7-14(26-27)19(22,23)24)11-3-9(2)16-10(5-11)6-15(28)25-16/h3-5,7,18H,6H2,1-2H3,(H,25,28). The van der Waals surface area contributed by atoms with E-state index in [1.165, 1.54) is 13.0 Å². The van der Waals surface area contributed by atoms with E-state index in [-0.39, 0.29) is 34.7 Å². The lowest BCUT2D eigenvalue weighted by Gasteiger charge is -2.15. The number of carbonyl (C=O) groups is 1. The molecular weight excluding hydrogens is 381 g/mol. The second kappa shape index (κ2) is 6.02. The molecule has 0 atom stereocenters. The zero-order valence-electron chi connectivity index (χ0n) is 14.8. The molecule has 3 aromatic rings. The molecule has 3 heterocycles. The van der Waals surface area contributed by atoms with Crippen LogP contribution in [0.15, 0.2) is 24.3 Å². The van der Waals surface area contributed by atoms with Crippen LogP contribution in [0.1, 0.15) is 34.4 Å². The SMILES string of the molecule is Cc1cc(-c2c(C(F)F)cc(C)c3cc(C(F)(F)F)nn23)cc2c1NC(=O)C2. The molecule has 146 valence electrons. The van der Waals surface area contributed by atoms with E-state index in [9.17, 15) is 26.7 Å². The average Bonchev–Trinajstić information content (AvgIpc) is 3.18. The van der Waals surface area contributed by atoms with Crippen LogP contribution in [0.5, 0.6) is 0 Å². The molecular formula is C19H14F5N3O. The van der Waals surface area contributed by atoms with Crippen LogP contribution in [0, 0.1) is 13.8 Å². The second-order valence-electron chi connectivity index (χ2n) is 6.81. The van der Waals surface area contributed by atoms with Gasteiger partial charge in [0, 0.05) is 16.8 Å². The Bertz CT molecular complexity index is 1130. The Morgan fingerprint density at radius 2 is 1.82 bits per heavy atom. The lowest BCUT2D eigenvalue weighted by molar-refractivity contribution is -0.141. The van der Waals surface area contributed by atoms with Gasteiger partial charge in [0.2, 0.25) is 5.91 Å². The number of rotatable bonds is 2. The van der Waals surface area contributed by atoms with Crippen molar-refractivity contribution in [3.8, 4) is 11.3 Å². The Balaban J connectivity index is 2.06. The Labute approximate surface area is 156 Å². The summed E-state index contributed by atoms with van der Waals surface area (Å²) in [5, 5.41) is 6.27. The van der Waals surface area contributed by atoms with Crippen LogP contribution in [-0.2, 0) is 17.4 Å². The first kappa shape index (κ1) is 18.4. The number of nitrogens with zero attached hydrogens (tertiary/aromatic N) is 2. The van der Waals surface area contributed by atoms with Crippen LogP contribution >= 0.6 is 0 Å². The minimum atomic E-state index is -4.70. The zero-order valence-corrected chi connectivity index (χ0v) is 14.8. The van der Waals surface area contributed by atoms with Crippen molar-refractivity contribution in [3.63, 3.8) is 0 Å². The van der Waals surface area contributed by atoms with Crippen molar-refractivity contribution in [3.05, 3.63) is 52.2 Å². The number of aryl methyl sites for hydroxylation is 2. The molecule has 1 aromatic carbocycles. The molecule has 0 aliphatic carbocycles. The van der Waals surface area contributed by atoms with Gasteiger partial charge in [-0.1, -0.05) is 0 Å². The molecule has 1 aliphatic heterocycles. The number of nitrogens with one attached hydrogen (secondary N) is 1. The number of alkyl halides is 5. The molecule has 1 aliphatic rings. The van der Waals surface area contributed by atoms with Gasteiger partial charge in [-0.3, -0.25) is 4.79 Å². The molecule has 0 radical (unpaired) electrons. The number of amides is 1. The van der Waals surface area contributed by atoms with Crippen molar-refractivity contribution < 1.29 is 26.7 Å². The van der Waals surface area contributed by atoms with Gasteiger partial charge in [0.05, 0.1) is 17.6 Å². The summed E-state index contributed by atoms with van der Waals surface area (Å²) in [6.07, 6.45) is -7.54. The maximum absolute atomic E-state index is 13.8. The highest BCUT2D eigenvalue weighted by atomic mass is 19.4. The first-order valence-corrected chi connectivity index (χ1v) is 8.38. The van der Waals surface area contributed by atoms with E-state index in [2.05, 4.69) is 10.4 Å². The van der Waals surface area contributed by atoms with Gasteiger partial charge in [-0.2, -0.15) is 18.3 Å². The highest BCUT2D eigenvalue weighted by Crippen LogP contribution is 2.39. The van der Waals surface area contributed by atoms with Gasteiger partial charge in [-0.15, -0.1) is 0 Å².